The van der Waals surface area contributed by atoms with Gasteiger partial charge in [-0.25, -0.2) is 0 Å². The van der Waals surface area contributed by atoms with Gasteiger partial charge < -0.3 is 25.3 Å². The zero-order chi connectivity index (χ0) is 14.8. The number of benzene rings is 1. The van der Waals surface area contributed by atoms with Crippen LogP contribution in [0, 0.1) is 0 Å². The summed E-state index contributed by atoms with van der Waals surface area (Å²) in [5, 5.41) is 3.03. The van der Waals surface area contributed by atoms with Crippen LogP contribution in [0.15, 0.2) is 18.2 Å². The Labute approximate surface area is 121 Å². The Balaban J connectivity index is 1.82. The van der Waals surface area contributed by atoms with E-state index in [-0.39, 0.29) is 24.9 Å². The molecule has 1 aliphatic heterocycles. The number of rotatable bonds is 4. The average Bonchev–Trinajstić information content (AvgIpc) is 2.84. The first kappa shape index (κ1) is 13.2. The Morgan fingerprint density at radius 1 is 1.19 bits per heavy atom. The first-order valence-electron chi connectivity index (χ1n) is 6.45. The zero-order valence-electron chi connectivity index (χ0n) is 11.7. The molecule has 3 rings (SSSR count). The highest BCUT2D eigenvalue weighted by Crippen LogP contribution is 2.34. The smallest absolute Gasteiger partial charge is 0.323 e. The number of nitrogens with one attached hydrogen (secondary N) is 1. The maximum atomic E-state index is 5.65. The molecule has 0 spiro atoms. The monoisotopic (exact) mass is 289 g/mol. The van der Waals surface area contributed by atoms with Gasteiger partial charge in [-0.15, -0.1) is 0 Å². The number of fused-ring (bicyclic) bond motifs is 1. The molecule has 0 saturated carbocycles. The van der Waals surface area contributed by atoms with Gasteiger partial charge in [0.05, 0.1) is 6.10 Å². The van der Waals surface area contributed by atoms with Crippen LogP contribution in [0.5, 0.6) is 17.5 Å². The van der Waals surface area contributed by atoms with Crippen LogP contribution in [0.1, 0.15) is 13.8 Å². The minimum atomic E-state index is -0.0507. The molecular weight excluding hydrogens is 274 g/mol. The molecule has 3 N–H and O–H groups in total. The van der Waals surface area contributed by atoms with E-state index in [4.69, 9.17) is 19.9 Å². The highest BCUT2D eigenvalue weighted by Gasteiger charge is 2.14. The third-order valence-electron chi connectivity index (χ3n) is 2.60. The summed E-state index contributed by atoms with van der Waals surface area (Å²) in [7, 11) is 0. The van der Waals surface area contributed by atoms with Crippen LogP contribution < -0.4 is 25.3 Å². The summed E-state index contributed by atoms with van der Waals surface area (Å²) in [5.74, 6) is 1.76. The van der Waals surface area contributed by atoms with Crippen molar-refractivity contribution in [2.75, 3.05) is 17.8 Å². The largest absolute Gasteiger partial charge is 0.461 e. The van der Waals surface area contributed by atoms with Crippen molar-refractivity contribution in [3.63, 3.8) is 0 Å². The summed E-state index contributed by atoms with van der Waals surface area (Å²) in [5.41, 5.74) is 6.40. The van der Waals surface area contributed by atoms with Crippen molar-refractivity contribution in [1.82, 2.24) is 15.0 Å². The lowest BCUT2D eigenvalue weighted by atomic mass is 10.3. The Hall–Kier alpha value is -2.77. The molecule has 0 amide bonds. The van der Waals surface area contributed by atoms with Gasteiger partial charge in [-0.2, -0.15) is 15.0 Å². The standard InChI is InChI=1S/C13H15N5O3/c1-7(2)21-13-17-11(14)16-12(18-13)15-8-3-4-9-10(5-8)20-6-19-9/h3-5,7H,6H2,1-2H3,(H3,14,15,16,17,18). The first-order valence-corrected chi connectivity index (χ1v) is 6.45. The molecule has 8 nitrogen and oxygen atoms in total. The van der Waals surface area contributed by atoms with E-state index in [0.29, 0.717) is 17.4 Å². The quantitative estimate of drug-likeness (QED) is 0.876. The van der Waals surface area contributed by atoms with Gasteiger partial charge >= 0.3 is 6.01 Å². The predicted octanol–water partition coefficient (Wildman–Crippen LogP) is 1.71. The Bertz CT molecular complexity index is 662. The van der Waals surface area contributed by atoms with E-state index in [1.165, 1.54) is 0 Å². The van der Waals surface area contributed by atoms with E-state index in [2.05, 4.69) is 20.3 Å². The number of nitrogens with zero attached hydrogens (tertiary/aromatic N) is 3. The topological polar surface area (TPSA) is 104 Å². The van der Waals surface area contributed by atoms with Gasteiger partial charge in [0, 0.05) is 11.8 Å². The van der Waals surface area contributed by atoms with Crippen LogP contribution in [0.3, 0.4) is 0 Å². The summed E-state index contributed by atoms with van der Waals surface area (Å²) in [6.45, 7) is 3.99. The SMILES string of the molecule is CC(C)Oc1nc(N)nc(Nc2ccc3c(c2)OCO3)n1. The normalized spacial score (nSPS) is 12.5. The molecule has 0 aliphatic carbocycles. The van der Waals surface area contributed by atoms with E-state index in [1.807, 2.05) is 19.9 Å². The van der Waals surface area contributed by atoms with Crippen molar-refractivity contribution in [2.45, 2.75) is 20.0 Å². The van der Waals surface area contributed by atoms with Crippen molar-refractivity contribution >= 4 is 17.6 Å². The lowest BCUT2D eigenvalue weighted by molar-refractivity contribution is 0.174. The molecule has 0 unspecified atom stereocenters. The second-order valence-electron chi connectivity index (χ2n) is 4.66. The lowest BCUT2D eigenvalue weighted by Gasteiger charge is -2.10. The van der Waals surface area contributed by atoms with Crippen LogP contribution in [-0.2, 0) is 0 Å². The fraction of sp³-hybridized carbons (Fsp3) is 0.308. The van der Waals surface area contributed by atoms with Gasteiger partial charge in [0.2, 0.25) is 18.7 Å². The molecule has 1 aliphatic rings. The van der Waals surface area contributed by atoms with Crippen LogP contribution in [0.2, 0.25) is 0 Å². The van der Waals surface area contributed by atoms with E-state index in [0.717, 1.165) is 5.69 Å². The molecule has 2 aromatic rings. The van der Waals surface area contributed by atoms with Gasteiger partial charge in [0.25, 0.3) is 0 Å². The molecule has 2 heterocycles. The van der Waals surface area contributed by atoms with Crippen LogP contribution in [-0.4, -0.2) is 27.8 Å². The Morgan fingerprint density at radius 3 is 2.81 bits per heavy atom. The van der Waals surface area contributed by atoms with Gasteiger partial charge in [0.1, 0.15) is 0 Å². The summed E-state index contributed by atoms with van der Waals surface area (Å²) < 4.78 is 16.0. The second kappa shape index (κ2) is 5.31. The molecule has 110 valence electrons. The van der Waals surface area contributed by atoms with E-state index >= 15 is 0 Å². The minimum absolute atomic E-state index is 0.0507. The first-order chi connectivity index (χ1) is 10.1. The van der Waals surface area contributed by atoms with Gasteiger partial charge in [-0.3, -0.25) is 0 Å². The maximum Gasteiger partial charge on any atom is 0.323 e. The molecule has 0 fully saturated rings. The molecule has 0 atom stereocenters. The summed E-state index contributed by atoms with van der Waals surface area (Å²) in [6.07, 6.45) is -0.0507. The van der Waals surface area contributed by atoms with Crippen molar-refractivity contribution in [1.29, 1.82) is 0 Å². The number of nitrogens with two attached hydrogens (primary N) is 1. The number of hydrogen-bond donors (Lipinski definition) is 2. The van der Waals surface area contributed by atoms with Gasteiger partial charge in [-0.1, -0.05) is 0 Å². The number of ether oxygens (including phenoxy) is 3. The van der Waals surface area contributed by atoms with Gasteiger partial charge in [0.15, 0.2) is 11.5 Å². The van der Waals surface area contributed by atoms with E-state index < -0.39 is 0 Å². The molecular formula is C13H15N5O3. The minimum Gasteiger partial charge on any atom is -0.461 e. The van der Waals surface area contributed by atoms with Crippen molar-refractivity contribution in [2.24, 2.45) is 0 Å². The Kier molecular flexibility index (Phi) is 3.35. The molecule has 8 heteroatoms. The fourth-order valence-electron chi connectivity index (χ4n) is 1.79. The third-order valence-corrected chi connectivity index (χ3v) is 2.60. The molecule has 0 radical (unpaired) electrons. The van der Waals surface area contributed by atoms with Crippen LogP contribution in [0.25, 0.3) is 0 Å². The zero-order valence-corrected chi connectivity index (χ0v) is 11.7. The van der Waals surface area contributed by atoms with E-state index in [1.54, 1.807) is 12.1 Å². The maximum absolute atomic E-state index is 5.65. The highest BCUT2D eigenvalue weighted by atomic mass is 16.7. The van der Waals surface area contributed by atoms with Crippen LogP contribution in [0.4, 0.5) is 17.6 Å². The van der Waals surface area contributed by atoms with Crippen LogP contribution >= 0.6 is 0 Å². The molecule has 1 aromatic heterocycles. The number of anilines is 3. The highest BCUT2D eigenvalue weighted by molar-refractivity contribution is 5.60. The summed E-state index contributed by atoms with van der Waals surface area (Å²) >= 11 is 0. The molecule has 21 heavy (non-hydrogen) atoms. The predicted molar refractivity (Wildman–Crippen MR) is 75.9 cm³/mol. The van der Waals surface area contributed by atoms with Crippen molar-refractivity contribution < 1.29 is 14.2 Å². The number of nitrogen functional groups attached to an aromatic ring is 1. The van der Waals surface area contributed by atoms with Gasteiger partial charge in [-0.05, 0) is 26.0 Å². The Morgan fingerprint density at radius 2 is 2.00 bits per heavy atom. The second-order valence-corrected chi connectivity index (χ2v) is 4.66. The van der Waals surface area contributed by atoms with E-state index in [9.17, 15) is 0 Å². The number of aromatic nitrogens is 3. The van der Waals surface area contributed by atoms with Crippen molar-refractivity contribution in [3.8, 4) is 17.5 Å². The summed E-state index contributed by atoms with van der Waals surface area (Å²) in [6, 6.07) is 5.61. The fourth-order valence-corrected chi connectivity index (χ4v) is 1.79. The lowest BCUT2D eigenvalue weighted by Crippen LogP contribution is -2.11. The molecule has 1 aromatic carbocycles. The third kappa shape index (κ3) is 3.04. The summed E-state index contributed by atoms with van der Waals surface area (Å²) in [4.78, 5) is 12.1. The molecule has 0 saturated heterocycles. The average molecular weight is 289 g/mol. The molecule has 0 bridgehead atoms. The van der Waals surface area contributed by atoms with Crippen molar-refractivity contribution in [3.05, 3.63) is 18.2 Å². The number of hydrogen-bond acceptors (Lipinski definition) is 8.